The van der Waals surface area contributed by atoms with E-state index in [-0.39, 0.29) is 51.0 Å². The number of ether oxygens (including phenoxy) is 2. The van der Waals surface area contributed by atoms with Gasteiger partial charge in [-0.15, -0.1) is 0 Å². The molecule has 4 atom stereocenters. The summed E-state index contributed by atoms with van der Waals surface area (Å²) < 4.78 is 49.1. The van der Waals surface area contributed by atoms with E-state index in [0.717, 1.165) is 52.7 Å². The maximum absolute atomic E-state index is 14.1. The number of allylic oxidation sites excluding steroid dienone is 2. The van der Waals surface area contributed by atoms with Crippen molar-refractivity contribution in [1.82, 2.24) is 29.4 Å². The second-order valence-corrected chi connectivity index (χ2v) is 23.4. The second kappa shape index (κ2) is 21.4. The number of amides is 1. The average molecular weight is 1120 g/mol. The van der Waals surface area contributed by atoms with E-state index in [1.54, 1.807) is 6.07 Å². The number of benzene rings is 3. The van der Waals surface area contributed by atoms with Crippen molar-refractivity contribution < 1.29 is 67.0 Å². The summed E-state index contributed by atoms with van der Waals surface area (Å²) in [6.45, 7) is 18.3. The zero-order valence-corrected chi connectivity index (χ0v) is 46.3. The van der Waals surface area contributed by atoms with Crippen LogP contribution in [-0.4, -0.2) is 123 Å². The van der Waals surface area contributed by atoms with Crippen LogP contribution in [0.3, 0.4) is 0 Å². The molecule has 10 N–H and O–H groups in total. The minimum atomic E-state index is -5.26. The Bertz CT molecular complexity index is 3550. The molecule has 0 aliphatic carbocycles. The number of phosphoric ester groups is 2. The maximum Gasteiger partial charge on any atom is 0.470 e. The van der Waals surface area contributed by atoms with E-state index < -0.39 is 52.8 Å². The number of imidazole rings is 1. The molecule has 3 aromatic carbocycles. The molecule has 1 fully saturated rings. The highest BCUT2D eigenvalue weighted by atomic mass is 31.2. The van der Waals surface area contributed by atoms with Gasteiger partial charge in [0.05, 0.1) is 23.8 Å². The Labute approximate surface area is 449 Å². The van der Waals surface area contributed by atoms with Gasteiger partial charge in [-0.1, -0.05) is 18.9 Å². The predicted molar refractivity (Wildman–Crippen MR) is 291 cm³/mol. The fourth-order valence-electron chi connectivity index (χ4n) is 11.5. The fourth-order valence-corrected chi connectivity index (χ4v) is 12.4. The molecule has 1 saturated heterocycles. The molecular weight excluding hydrogens is 1050 g/mol. The number of carbonyl (C=O) groups is 2. The Morgan fingerprint density at radius 2 is 1.59 bits per heavy atom. The Kier molecular flexibility index (Phi) is 15.4. The highest BCUT2D eigenvalue weighted by Gasteiger charge is 2.50. The number of rotatable bonds is 19. The summed E-state index contributed by atoms with van der Waals surface area (Å²) in [5.74, 6) is -0.299. The van der Waals surface area contributed by atoms with Crippen molar-refractivity contribution >= 4 is 72.9 Å². The van der Waals surface area contributed by atoms with Crippen LogP contribution in [-0.2, 0) is 22.9 Å². The number of likely N-dealkylation sites (N-methyl/N-ethyl adjacent to an activating group) is 2. The number of nitrogens with two attached hydrogens (primary N) is 1. The Hall–Kier alpha value is -6.36. The Morgan fingerprint density at radius 3 is 2.27 bits per heavy atom. The molecule has 1 amide bonds. The van der Waals surface area contributed by atoms with Crippen LogP contribution in [0.1, 0.15) is 130 Å². The highest BCUT2D eigenvalue weighted by Crippen LogP contribution is 2.49. The molecule has 6 heterocycles. The molecule has 4 aliphatic rings. The lowest BCUT2D eigenvalue weighted by Crippen LogP contribution is -2.49. The third-order valence-electron chi connectivity index (χ3n) is 14.7. The normalized spacial score (nSPS) is 20.3. The first kappa shape index (κ1) is 56.4. The summed E-state index contributed by atoms with van der Waals surface area (Å²) in [7, 11) is -10.3. The lowest BCUT2D eigenvalue weighted by atomic mass is 9.83. The number of aromatic carboxylic acids is 1. The zero-order valence-electron chi connectivity index (χ0n) is 44.6. The van der Waals surface area contributed by atoms with Gasteiger partial charge in [-0.2, -0.15) is 0 Å². The number of aliphatic hydroxyl groups excluding tert-OH is 1. The third-order valence-corrected chi connectivity index (χ3v) is 15.7. The molecule has 5 aromatic rings. The lowest BCUT2D eigenvalue weighted by Gasteiger charge is -2.43. The van der Waals surface area contributed by atoms with Gasteiger partial charge in [0.1, 0.15) is 42.7 Å². The molecule has 4 aliphatic heterocycles. The Morgan fingerprint density at radius 1 is 0.872 bits per heavy atom. The number of nitrogens with zero attached hydrogens (tertiary/aromatic N) is 6. The van der Waals surface area contributed by atoms with Crippen LogP contribution in [0, 0.1) is 0 Å². The van der Waals surface area contributed by atoms with Crippen molar-refractivity contribution in [3.63, 3.8) is 0 Å². The first-order chi connectivity index (χ1) is 36.7. The molecule has 23 nitrogen and oxygen atoms in total. The van der Waals surface area contributed by atoms with Crippen LogP contribution in [0.25, 0.3) is 27.9 Å². The number of nitrogens with one attached hydrogen (secondary N) is 2. The number of unbranched alkanes of at least 4 members (excludes halogenated alkanes) is 3. The fraction of sp³-hybridized carbons (Fsp3) is 0.434. The van der Waals surface area contributed by atoms with Gasteiger partial charge in [0.25, 0.3) is 5.91 Å². The minimum Gasteiger partial charge on any atom is -0.478 e. The smallest absolute Gasteiger partial charge is 0.470 e. The highest BCUT2D eigenvalue weighted by molar-refractivity contribution is 7.46. The van der Waals surface area contributed by atoms with Crippen molar-refractivity contribution in [1.29, 1.82) is 0 Å². The van der Waals surface area contributed by atoms with E-state index in [2.05, 4.69) is 131 Å². The van der Waals surface area contributed by atoms with E-state index >= 15 is 0 Å². The van der Waals surface area contributed by atoms with Crippen LogP contribution < -0.4 is 41.2 Å². The Balaban J connectivity index is 0.937. The monoisotopic (exact) mass is 1110 g/mol. The number of carbonyl (C=O) groups excluding carboxylic acids is 1. The van der Waals surface area contributed by atoms with Gasteiger partial charge in [0, 0.05) is 78.3 Å². The number of hydrogen-bond donors (Lipinski definition) is 9. The summed E-state index contributed by atoms with van der Waals surface area (Å²) in [4.78, 5) is 80.1. The van der Waals surface area contributed by atoms with Gasteiger partial charge in [0.15, 0.2) is 28.7 Å². The number of aliphatic hydroxyl groups is 1. The predicted octanol–water partition coefficient (Wildman–Crippen LogP) is 5.44. The molecule has 2 aromatic heterocycles. The molecule has 0 bridgehead atoms. The van der Waals surface area contributed by atoms with Gasteiger partial charge in [-0.3, -0.25) is 18.4 Å². The van der Waals surface area contributed by atoms with Crippen LogP contribution in [0.2, 0.25) is 0 Å². The summed E-state index contributed by atoms with van der Waals surface area (Å²) in [6, 6.07) is 13.0. The zero-order chi connectivity index (χ0) is 56.4. The summed E-state index contributed by atoms with van der Waals surface area (Å²) in [6.07, 6.45) is 1.47. The molecule has 78 heavy (non-hydrogen) atoms. The average Bonchev–Trinajstić information content (AvgIpc) is 4.02. The number of hydrogen-bond acceptors (Lipinski definition) is 15. The quantitative estimate of drug-likeness (QED) is 0.0277. The van der Waals surface area contributed by atoms with Crippen LogP contribution in [0.5, 0.6) is 11.5 Å². The summed E-state index contributed by atoms with van der Waals surface area (Å²) >= 11 is 0. The number of fused-ring (bicyclic) bond motifs is 5. The van der Waals surface area contributed by atoms with Crippen LogP contribution in [0.15, 0.2) is 60.9 Å². The molecule has 0 unspecified atom stereocenters. The van der Waals surface area contributed by atoms with Crippen molar-refractivity contribution in [2.45, 2.75) is 117 Å². The largest absolute Gasteiger partial charge is 0.478 e. The van der Waals surface area contributed by atoms with Gasteiger partial charge in [-0.05, 0) is 108 Å². The van der Waals surface area contributed by atoms with E-state index in [4.69, 9.17) is 19.7 Å². The van der Waals surface area contributed by atoms with E-state index in [0.29, 0.717) is 72.2 Å². The first-order valence-corrected chi connectivity index (χ1v) is 28.8. The molecule has 0 saturated carbocycles. The number of carboxylic acid groups (broad SMARTS) is 1. The van der Waals surface area contributed by atoms with Crippen LogP contribution >= 0.6 is 15.6 Å². The van der Waals surface area contributed by atoms with Gasteiger partial charge < -0.3 is 60.5 Å². The summed E-state index contributed by atoms with van der Waals surface area (Å²) in [5, 5.41) is 30.0. The number of anilines is 3. The van der Waals surface area contributed by atoms with Crippen molar-refractivity contribution in [2.75, 3.05) is 48.7 Å². The van der Waals surface area contributed by atoms with E-state index in [1.807, 2.05) is 0 Å². The number of nitrogen functional groups attached to an aromatic ring is 1. The number of phosphoric acid groups is 2. The second-order valence-electron chi connectivity index (χ2n) is 21.0. The van der Waals surface area contributed by atoms with Crippen molar-refractivity contribution in [3.8, 4) is 11.5 Å². The third kappa shape index (κ3) is 11.0. The van der Waals surface area contributed by atoms with Gasteiger partial charge in [-0.25, -0.2) is 33.5 Å². The first-order valence-electron chi connectivity index (χ1n) is 25.7. The number of aromatic nitrogens is 4. The van der Waals surface area contributed by atoms with Gasteiger partial charge in [0.2, 0.25) is 11.3 Å². The molecule has 0 spiro atoms. The maximum atomic E-state index is 14.1. The van der Waals surface area contributed by atoms with E-state index in [9.17, 15) is 48.5 Å². The van der Waals surface area contributed by atoms with Crippen LogP contribution in [0.4, 0.5) is 17.5 Å². The minimum absolute atomic E-state index is 0.0228. The standard InChI is InChI=1S/C53H65N9O14P2/c1-9-60-37-22-39-35(20-32(37)28(3)24-52(60,5)6)42(36-21-33-29(4)25-53(7,8)61(10-2)38(33)23-40(36)74-39)34-19-30(15-16-31(34)50(65)66)48(64)55-17-13-11-12-14-18-56-51-59-43-46(54)57-27-58-47(43)62(51)49-44(63)45(76-78(70,71)72)41(75-49)26-73-77(67,68)69/h15-16,19-25,27,41,44-45,49,63H,9-14,17-18,26H2,1-8H3,(H8-,54,55,56,57,58,59,64,65,66,67,68,69,70,71,72)/p+1/t41-,44-,45-,49-/m1/s1. The lowest BCUT2D eigenvalue weighted by molar-refractivity contribution is -0.0492. The topological polar surface area (TPSA) is 327 Å². The van der Waals surface area contributed by atoms with Gasteiger partial charge >= 0.3 is 21.6 Å². The number of carboxylic acids is 1. The summed E-state index contributed by atoms with van der Waals surface area (Å²) in [5.41, 5.74) is 13.0. The SMILES string of the molecule is CCN1c2cc3c(cc2C(C)=CC1(C)C)C(c1cc(C(=O)NCCCCCCNc2nc4c(N)ncnc4n2[C@@H]2O[C@H](COP(=O)(O)O)[C@@H](OP(=O)(O)O)[C@H]2O)ccc1C(=O)O)=c1cc2c(cc1O3)=[N+](CC)C(C)(C)C=C2C. The van der Waals surface area contributed by atoms with E-state index in [1.165, 1.54) is 16.7 Å². The van der Waals surface area contributed by atoms with Crippen molar-refractivity contribution in [3.05, 3.63) is 105 Å². The molecule has 0 radical (unpaired) electrons. The molecule has 25 heteroatoms. The molecular formula is C53H66N9O14P2+. The molecule has 9 rings (SSSR count). The van der Waals surface area contributed by atoms with Crippen molar-refractivity contribution in [2.24, 2.45) is 0 Å². The molecule has 416 valence electrons.